The number of nitrogens with zero attached hydrogens (tertiary/aromatic N) is 3. The Labute approximate surface area is 134 Å². The molecular weight excluding hydrogens is 346 g/mol. The third kappa shape index (κ3) is 2.39. The summed E-state index contributed by atoms with van der Waals surface area (Å²) in [7, 11) is 0. The minimum atomic E-state index is 0.909. The maximum atomic E-state index is 4.66. The molecule has 0 fully saturated rings. The zero-order valence-corrected chi connectivity index (χ0v) is 13.3. The maximum Gasteiger partial charge on any atom is 0.213 e. The smallest absolute Gasteiger partial charge is 0.213 e. The van der Waals surface area contributed by atoms with Gasteiger partial charge >= 0.3 is 0 Å². The second-order valence-electron chi connectivity index (χ2n) is 4.63. The van der Waals surface area contributed by atoms with Gasteiger partial charge in [-0.3, -0.25) is 0 Å². The lowest BCUT2D eigenvalue weighted by atomic mass is 10.2. The van der Waals surface area contributed by atoms with Gasteiger partial charge in [-0.05, 0) is 12.1 Å². The molecule has 102 valence electrons. The quantitative estimate of drug-likeness (QED) is 0.512. The molecule has 0 bridgehead atoms. The molecule has 0 radical (unpaired) electrons. The topological polar surface area (TPSA) is 30.2 Å². The van der Waals surface area contributed by atoms with E-state index in [1.807, 2.05) is 41.0 Å². The molecule has 0 aliphatic rings. The van der Waals surface area contributed by atoms with Crippen LogP contribution in [0.4, 0.5) is 0 Å². The molecule has 0 aliphatic heterocycles. The molecule has 21 heavy (non-hydrogen) atoms. The number of benzene rings is 2. The highest BCUT2D eigenvalue weighted by Gasteiger charge is 2.10. The lowest BCUT2D eigenvalue weighted by Gasteiger charge is -1.96. The van der Waals surface area contributed by atoms with Gasteiger partial charge in [0.25, 0.3) is 0 Å². The number of hydrogen-bond donors (Lipinski definition) is 0. The Morgan fingerprint density at radius 1 is 0.905 bits per heavy atom. The van der Waals surface area contributed by atoms with Crippen molar-refractivity contribution >= 4 is 32.2 Å². The maximum absolute atomic E-state index is 4.66. The number of fused-ring (bicyclic) bond motifs is 1. The molecule has 2 heterocycles. The summed E-state index contributed by atoms with van der Waals surface area (Å²) in [6, 6.07) is 18.3. The minimum absolute atomic E-state index is 0.909. The number of aromatic nitrogens is 3. The summed E-state index contributed by atoms with van der Waals surface area (Å²) in [4.78, 5) is 5.57. The van der Waals surface area contributed by atoms with E-state index in [-0.39, 0.29) is 0 Å². The number of rotatable bonds is 2. The van der Waals surface area contributed by atoms with E-state index in [0.717, 1.165) is 31.3 Å². The Bertz CT molecular complexity index is 863. The molecular formula is C16H10BrN3S. The summed E-state index contributed by atoms with van der Waals surface area (Å²) in [5.74, 6) is 0. The summed E-state index contributed by atoms with van der Waals surface area (Å²) in [6.07, 6.45) is 1.97. The van der Waals surface area contributed by atoms with Crippen LogP contribution in [0.3, 0.4) is 0 Å². The highest BCUT2D eigenvalue weighted by molar-refractivity contribution is 9.10. The number of halogens is 1. The zero-order valence-electron chi connectivity index (χ0n) is 10.9. The summed E-state index contributed by atoms with van der Waals surface area (Å²) >= 11 is 5.05. The molecule has 2 aromatic carbocycles. The standard InChI is InChI=1S/C16H10BrN3S/c17-13-8-6-11(7-9-13)14-10-20-16(18-14)21-15(19-20)12-4-2-1-3-5-12/h1-10H. The van der Waals surface area contributed by atoms with Crippen molar-refractivity contribution in [2.24, 2.45) is 0 Å². The first kappa shape index (κ1) is 12.7. The van der Waals surface area contributed by atoms with Crippen LogP contribution < -0.4 is 0 Å². The fraction of sp³-hybridized carbons (Fsp3) is 0. The van der Waals surface area contributed by atoms with Crippen molar-refractivity contribution in [1.82, 2.24) is 14.6 Å². The summed E-state index contributed by atoms with van der Waals surface area (Å²) < 4.78 is 2.92. The van der Waals surface area contributed by atoms with Gasteiger partial charge in [0.2, 0.25) is 4.96 Å². The van der Waals surface area contributed by atoms with E-state index in [1.165, 1.54) is 0 Å². The Hall–Kier alpha value is -1.98. The van der Waals surface area contributed by atoms with E-state index >= 15 is 0 Å². The number of hydrogen-bond acceptors (Lipinski definition) is 3. The highest BCUT2D eigenvalue weighted by Crippen LogP contribution is 2.28. The minimum Gasteiger partial charge on any atom is -0.217 e. The van der Waals surface area contributed by atoms with Crippen LogP contribution in [-0.2, 0) is 0 Å². The van der Waals surface area contributed by atoms with Crippen molar-refractivity contribution in [3.8, 4) is 21.8 Å². The highest BCUT2D eigenvalue weighted by atomic mass is 79.9. The molecule has 0 N–H and O–H groups in total. The number of imidazole rings is 1. The van der Waals surface area contributed by atoms with Crippen LogP contribution >= 0.6 is 27.3 Å². The molecule has 0 saturated heterocycles. The fourth-order valence-corrected chi connectivity index (χ4v) is 3.31. The average molecular weight is 356 g/mol. The Morgan fingerprint density at radius 3 is 2.38 bits per heavy atom. The summed E-state index contributed by atoms with van der Waals surface area (Å²) in [5.41, 5.74) is 3.16. The molecule has 0 unspecified atom stereocenters. The van der Waals surface area contributed by atoms with E-state index in [0.29, 0.717) is 0 Å². The normalized spacial score (nSPS) is 11.1. The van der Waals surface area contributed by atoms with E-state index in [9.17, 15) is 0 Å². The SMILES string of the molecule is Brc1ccc(-c2cn3nc(-c4ccccc4)sc3n2)cc1. The summed E-state index contributed by atoms with van der Waals surface area (Å²) in [5, 5.41) is 5.60. The van der Waals surface area contributed by atoms with Crippen LogP contribution in [-0.4, -0.2) is 14.6 Å². The van der Waals surface area contributed by atoms with Crippen LogP contribution in [0.5, 0.6) is 0 Å². The Morgan fingerprint density at radius 2 is 1.67 bits per heavy atom. The second kappa shape index (κ2) is 5.09. The van der Waals surface area contributed by atoms with E-state index in [4.69, 9.17) is 0 Å². The molecule has 0 atom stereocenters. The first-order valence-electron chi connectivity index (χ1n) is 6.47. The monoisotopic (exact) mass is 355 g/mol. The third-order valence-corrected chi connectivity index (χ3v) is 4.70. The van der Waals surface area contributed by atoms with Gasteiger partial charge < -0.3 is 0 Å². The van der Waals surface area contributed by atoms with Gasteiger partial charge in [-0.2, -0.15) is 5.10 Å². The molecule has 3 nitrogen and oxygen atoms in total. The van der Waals surface area contributed by atoms with E-state index in [2.05, 4.69) is 50.3 Å². The summed E-state index contributed by atoms with van der Waals surface area (Å²) in [6.45, 7) is 0. The molecule has 0 saturated carbocycles. The van der Waals surface area contributed by atoms with Crippen molar-refractivity contribution < 1.29 is 0 Å². The lowest BCUT2D eigenvalue weighted by Crippen LogP contribution is -1.82. The van der Waals surface area contributed by atoms with Crippen molar-refractivity contribution in [2.75, 3.05) is 0 Å². The van der Waals surface area contributed by atoms with Gasteiger partial charge in [0.15, 0.2) is 0 Å². The Kier molecular flexibility index (Phi) is 3.09. The molecule has 2 aromatic heterocycles. The van der Waals surface area contributed by atoms with E-state index in [1.54, 1.807) is 11.3 Å². The van der Waals surface area contributed by atoms with Crippen LogP contribution in [0.1, 0.15) is 0 Å². The van der Waals surface area contributed by atoms with Crippen molar-refractivity contribution in [3.05, 3.63) is 65.3 Å². The van der Waals surface area contributed by atoms with Crippen LogP contribution in [0.2, 0.25) is 0 Å². The molecule has 5 heteroatoms. The first-order valence-corrected chi connectivity index (χ1v) is 8.08. The molecule has 4 rings (SSSR count). The third-order valence-electron chi connectivity index (χ3n) is 3.20. The lowest BCUT2D eigenvalue weighted by molar-refractivity contribution is 0.978. The Balaban J connectivity index is 1.75. The van der Waals surface area contributed by atoms with Crippen LogP contribution in [0, 0.1) is 0 Å². The molecule has 0 amide bonds. The predicted molar refractivity (Wildman–Crippen MR) is 89.4 cm³/mol. The van der Waals surface area contributed by atoms with Gasteiger partial charge in [-0.15, -0.1) is 0 Å². The average Bonchev–Trinajstić information content (AvgIpc) is 3.07. The van der Waals surface area contributed by atoms with Crippen LogP contribution in [0.15, 0.2) is 65.3 Å². The van der Waals surface area contributed by atoms with Gasteiger partial charge in [0.1, 0.15) is 5.01 Å². The largest absolute Gasteiger partial charge is 0.217 e. The second-order valence-corrected chi connectivity index (χ2v) is 6.51. The predicted octanol–water partition coefficient (Wildman–Crippen LogP) is 4.89. The van der Waals surface area contributed by atoms with Crippen molar-refractivity contribution in [1.29, 1.82) is 0 Å². The van der Waals surface area contributed by atoms with E-state index < -0.39 is 0 Å². The zero-order chi connectivity index (χ0) is 14.2. The fourth-order valence-electron chi connectivity index (χ4n) is 2.16. The van der Waals surface area contributed by atoms with Crippen LogP contribution in [0.25, 0.3) is 26.8 Å². The van der Waals surface area contributed by atoms with Gasteiger partial charge in [0.05, 0.1) is 11.9 Å². The van der Waals surface area contributed by atoms with Crippen molar-refractivity contribution in [3.63, 3.8) is 0 Å². The molecule has 4 aromatic rings. The first-order chi connectivity index (χ1) is 10.3. The van der Waals surface area contributed by atoms with Gasteiger partial charge in [-0.25, -0.2) is 9.50 Å². The van der Waals surface area contributed by atoms with Gasteiger partial charge in [-0.1, -0.05) is 69.7 Å². The molecule has 0 spiro atoms. The van der Waals surface area contributed by atoms with Gasteiger partial charge in [0, 0.05) is 15.6 Å². The van der Waals surface area contributed by atoms with Crippen molar-refractivity contribution in [2.45, 2.75) is 0 Å². The molecule has 0 aliphatic carbocycles.